The van der Waals surface area contributed by atoms with Crippen LogP contribution >= 0.6 is 11.8 Å². The van der Waals surface area contributed by atoms with Gasteiger partial charge in [-0.15, -0.1) is 11.8 Å². The summed E-state index contributed by atoms with van der Waals surface area (Å²) in [7, 11) is 0. The van der Waals surface area contributed by atoms with Gasteiger partial charge in [0.05, 0.1) is 5.92 Å². The first kappa shape index (κ1) is 17.8. The molecule has 1 aliphatic heterocycles. The van der Waals surface area contributed by atoms with Crippen molar-refractivity contribution in [2.75, 3.05) is 12.3 Å². The molecule has 1 heterocycles. The van der Waals surface area contributed by atoms with Gasteiger partial charge in [-0.05, 0) is 28.8 Å². The zero-order chi connectivity index (χ0) is 18.6. The van der Waals surface area contributed by atoms with E-state index in [1.54, 1.807) is 17.8 Å². The largest absolute Gasteiger partial charge is 0.325 e. The number of thioether (sulfide) groups is 1. The molecule has 0 aliphatic carbocycles. The molecule has 0 bridgehead atoms. The Kier molecular flexibility index (Phi) is 5.26. The van der Waals surface area contributed by atoms with E-state index in [1.807, 2.05) is 71.6 Å². The highest BCUT2D eigenvalue weighted by Crippen LogP contribution is 2.41. The van der Waals surface area contributed by atoms with Crippen molar-refractivity contribution in [3.63, 3.8) is 0 Å². The normalized spacial score (nSPS) is 16.7. The van der Waals surface area contributed by atoms with E-state index in [0.717, 1.165) is 22.4 Å². The minimum absolute atomic E-state index is 0.0617. The van der Waals surface area contributed by atoms with Gasteiger partial charge in [0.2, 0.25) is 5.91 Å². The molecule has 0 aromatic heterocycles. The van der Waals surface area contributed by atoms with Gasteiger partial charge in [-0.2, -0.15) is 0 Å². The van der Waals surface area contributed by atoms with Crippen LogP contribution in [-0.2, 0) is 4.79 Å². The third-order valence-corrected chi connectivity index (χ3v) is 6.08. The van der Waals surface area contributed by atoms with Gasteiger partial charge in [-0.3, -0.25) is 4.79 Å². The van der Waals surface area contributed by atoms with Crippen LogP contribution in [0.1, 0.15) is 28.0 Å². The van der Waals surface area contributed by atoms with E-state index in [0.29, 0.717) is 6.54 Å². The van der Waals surface area contributed by atoms with Crippen molar-refractivity contribution >= 4 is 17.7 Å². The third kappa shape index (κ3) is 3.76. The molecule has 0 spiro atoms. The van der Waals surface area contributed by atoms with Gasteiger partial charge in [-0.1, -0.05) is 72.8 Å². The van der Waals surface area contributed by atoms with E-state index >= 15 is 0 Å². The van der Waals surface area contributed by atoms with Crippen molar-refractivity contribution < 1.29 is 9.18 Å². The standard InChI is InChI=1S/C23H20FNOS/c24-20-13-7-12-19(16-20)23-25(14-15-27-23)22(26)21(17-8-3-1-4-9-17)18-10-5-2-6-11-18/h1-13,16,21,23H,14-15H2/t23-/m0/s1. The van der Waals surface area contributed by atoms with Gasteiger partial charge in [0.1, 0.15) is 11.2 Å². The molecule has 1 saturated heterocycles. The summed E-state index contributed by atoms with van der Waals surface area (Å²) in [6.45, 7) is 0.668. The average molecular weight is 377 g/mol. The summed E-state index contributed by atoms with van der Waals surface area (Å²) >= 11 is 1.69. The number of carbonyl (C=O) groups is 1. The first-order valence-corrected chi connectivity index (χ1v) is 10.1. The maximum atomic E-state index is 13.7. The zero-order valence-electron chi connectivity index (χ0n) is 14.8. The van der Waals surface area contributed by atoms with Gasteiger partial charge in [0.25, 0.3) is 0 Å². The number of hydrogen-bond acceptors (Lipinski definition) is 2. The Balaban J connectivity index is 1.71. The van der Waals surface area contributed by atoms with E-state index < -0.39 is 0 Å². The SMILES string of the molecule is O=C(C(c1ccccc1)c1ccccc1)N1CCS[C@H]1c1cccc(F)c1. The topological polar surface area (TPSA) is 20.3 Å². The van der Waals surface area contributed by atoms with Crippen molar-refractivity contribution in [3.8, 4) is 0 Å². The van der Waals surface area contributed by atoms with Crippen molar-refractivity contribution in [2.24, 2.45) is 0 Å². The summed E-state index contributed by atoms with van der Waals surface area (Å²) in [6.07, 6.45) is 0. The smallest absolute Gasteiger partial charge is 0.235 e. The Labute approximate surface area is 163 Å². The molecule has 1 atom stereocenters. The molecule has 3 aromatic rings. The quantitative estimate of drug-likeness (QED) is 0.620. The second kappa shape index (κ2) is 7.97. The maximum Gasteiger partial charge on any atom is 0.235 e. The molecule has 3 aromatic carbocycles. The predicted molar refractivity (Wildman–Crippen MR) is 108 cm³/mol. The van der Waals surface area contributed by atoms with Crippen molar-refractivity contribution in [1.82, 2.24) is 4.90 Å². The zero-order valence-corrected chi connectivity index (χ0v) is 15.6. The fourth-order valence-electron chi connectivity index (χ4n) is 3.57. The lowest BCUT2D eigenvalue weighted by molar-refractivity contribution is -0.132. The maximum absolute atomic E-state index is 13.7. The van der Waals surface area contributed by atoms with Crippen LogP contribution in [0, 0.1) is 5.82 Å². The second-order valence-corrected chi connectivity index (χ2v) is 7.75. The highest BCUT2D eigenvalue weighted by molar-refractivity contribution is 7.99. The Morgan fingerprint density at radius 1 is 0.926 bits per heavy atom. The first-order valence-electron chi connectivity index (χ1n) is 9.01. The molecule has 4 rings (SSSR count). The van der Waals surface area contributed by atoms with E-state index in [9.17, 15) is 9.18 Å². The minimum Gasteiger partial charge on any atom is -0.325 e. The van der Waals surface area contributed by atoms with Crippen LogP contribution in [0.4, 0.5) is 4.39 Å². The van der Waals surface area contributed by atoms with Gasteiger partial charge in [0.15, 0.2) is 0 Å². The lowest BCUT2D eigenvalue weighted by atomic mass is 9.90. The van der Waals surface area contributed by atoms with E-state index in [4.69, 9.17) is 0 Å². The molecule has 4 heteroatoms. The summed E-state index contributed by atoms with van der Waals surface area (Å²) in [5.41, 5.74) is 2.79. The van der Waals surface area contributed by atoms with Gasteiger partial charge in [0, 0.05) is 12.3 Å². The van der Waals surface area contributed by atoms with Gasteiger partial charge >= 0.3 is 0 Å². The Bertz CT molecular complexity index is 876. The molecule has 136 valence electrons. The molecule has 1 fully saturated rings. The molecule has 0 unspecified atom stereocenters. The number of benzene rings is 3. The summed E-state index contributed by atoms with van der Waals surface area (Å²) in [6, 6.07) is 26.3. The fraction of sp³-hybridized carbons (Fsp3) is 0.174. The number of halogens is 1. The molecule has 0 radical (unpaired) electrons. The van der Waals surface area contributed by atoms with E-state index in [2.05, 4.69) is 0 Å². The molecular formula is C23H20FNOS. The summed E-state index contributed by atoms with van der Waals surface area (Å²) in [4.78, 5) is 15.5. The van der Waals surface area contributed by atoms with E-state index in [1.165, 1.54) is 12.1 Å². The molecule has 27 heavy (non-hydrogen) atoms. The van der Waals surface area contributed by atoms with Crippen LogP contribution in [0.25, 0.3) is 0 Å². The molecule has 1 amide bonds. The Hall–Kier alpha value is -2.59. The van der Waals surface area contributed by atoms with Crippen molar-refractivity contribution in [1.29, 1.82) is 0 Å². The molecular weight excluding hydrogens is 357 g/mol. The highest BCUT2D eigenvalue weighted by Gasteiger charge is 2.35. The number of nitrogens with zero attached hydrogens (tertiary/aromatic N) is 1. The van der Waals surface area contributed by atoms with Crippen LogP contribution in [-0.4, -0.2) is 23.1 Å². The van der Waals surface area contributed by atoms with Crippen LogP contribution in [0.15, 0.2) is 84.9 Å². The second-order valence-electron chi connectivity index (χ2n) is 6.56. The lowest BCUT2D eigenvalue weighted by Crippen LogP contribution is -2.35. The first-order chi connectivity index (χ1) is 13.2. The minimum atomic E-state index is -0.359. The highest BCUT2D eigenvalue weighted by atomic mass is 32.2. The van der Waals surface area contributed by atoms with Crippen LogP contribution in [0.5, 0.6) is 0 Å². The number of rotatable bonds is 4. The number of amides is 1. The molecule has 0 saturated carbocycles. The molecule has 0 N–H and O–H groups in total. The van der Waals surface area contributed by atoms with Crippen LogP contribution in [0.2, 0.25) is 0 Å². The fourth-order valence-corrected chi connectivity index (χ4v) is 4.82. The summed E-state index contributed by atoms with van der Waals surface area (Å²) < 4.78 is 13.7. The van der Waals surface area contributed by atoms with Gasteiger partial charge in [-0.25, -0.2) is 4.39 Å². The van der Waals surface area contributed by atoms with Crippen molar-refractivity contribution in [2.45, 2.75) is 11.3 Å². The van der Waals surface area contributed by atoms with Gasteiger partial charge < -0.3 is 4.90 Å². The lowest BCUT2D eigenvalue weighted by Gasteiger charge is -2.29. The Morgan fingerprint density at radius 3 is 2.15 bits per heavy atom. The van der Waals surface area contributed by atoms with Crippen molar-refractivity contribution in [3.05, 3.63) is 107 Å². The van der Waals surface area contributed by atoms with Crippen LogP contribution in [0.3, 0.4) is 0 Å². The number of carbonyl (C=O) groups excluding carboxylic acids is 1. The third-order valence-electron chi connectivity index (χ3n) is 4.82. The monoisotopic (exact) mass is 377 g/mol. The summed E-state index contributed by atoms with van der Waals surface area (Å²) in [5, 5.41) is -0.150. The summed E-state index contributed by atoms with van der Waals surface area (Å²) in [5.74, 6) is 0.285. The number of hydrogen-bond donors (Lipinski definition) is 0. The van der Waals surface area contributed by atoms with Crippen LogP contribution < -0.4 is 0 Å². The Morgan fingerprint density at radius 2 is 1.56 bits per heavy atom. The molecule has 1 aliphatic rings. The average Bonchev–Trinajstić information content (AvgIpc) is 3.20. The van der Waals surface area contributed by atoms with E-state index in [-0.39, 0.29) is 23.0 Å². The predicted octanol–water partition coefficient (Wildman–Crippen LogP) is 5.23. The molecule has 2 nitrogen and oxygen atoms in total.